The summed E-state index contributed by atoms with van der Waals surface area (Å²) in [4.78, 5) is 37.5. The van der Waals surface area contributed by atoms with E-state index < -0.39 is 6.04 Å². The van der Waals surface area contributed by atoms with Crippen LogP contribution in [0, 0.1) is 0 Å². The summed E-state index contributed by atoms with van der Waals surface area (Å²) >= 11 is 0. The number of nitrogens with zero attached hydrogens (tertiary/aromatic N) is 3. The Morgan fingerprint density at radius 1 is 0.912 bits per heavy atom. The second-order valence-corrected chi connectivity index (χ2v) is 9.17. The molecule has 6 nitrogen and oxygen atoms in total. The number of hydrogen-bond acceptors (Lipinski definition) is 4. The highest BCUT2D eigenvalue weighted by Crippen LogP contribution is 2.31. The smallest absolute Gasteiger partial charge is 0.279 e. The third-order valence-electron chi connectivity index (χ3n) is 6.41. The van der Waals surface area contributed by atoms with Crippen molar-refractivity contribution in [2.24, 2.45) is 0 Å². The van der Waals surface area contributed by atoms with E-state index in [1.165, 1.54) is 30.6 Å². The van der Waals surface area contributed by atoms with Gasteiger partial charge in [0.2, 0.25) is 5.91 Å². The Balaban J connectivity index is 1.78. The lowest BCUT2D eigenvalue weighted by Crippen LogP contribution is -2.47. The van der Waals surface area contributed by atoms with E-state index >= 15 is 0 Å². The first-order valence-electron chi connectivity index (χ1n) is 12.1. The van der Waals surface area contributed by atoms with Gasteiger partial charge in [-0.2, -0.15) is 0 Å². The van der Waals surface area contributed by atoms with Crippen molar-refractivity contribution in [3.63, 3.8) is 0 Å². The minimum absolute atomic E-state index is 0.128. The van der Waals surface area contributed by atoms with Crippen LogP contribution in [0.15, 0.2) is 73.2 Å². The lowest BCUT2D eigenvalue weighted by Gasteiger charge is -2.33. The second-order valence-electron chi connectivity index (χ2n) is 9.17. The standard InChI is InChI=1S/C28H32N4O2/c1-20(2)21-13-15-22(16-14-21)26(27(33)31-23-9-5-3-6-10-23)32(24-11-7-4-8-12-24)28(34)25-19-29-17-18-30-25/h4,7-8,11-20,23,26H,3,5-6,9-10H2,1-2H3,(H,31,33)/t26-/m0/s1. The molecule has 0 spiro atoms. The third-order valence-corrected chi connectivity index (χ3v) is 6.41. The maximum absolute atomic E-state index is 13.8. The van der Waals surface area contributed by atoms with Crippen molar-refractivity contribution in [3.05, 3.63) is 90.0 Å². The van der Waals surface area contributed by atoms with E-state index in [-0.39, 0.29) is 23.6 Å². The highest BCUT2D eigenvalue weighted by molar-refractivity contribution is 6.09. The van der Waals surface area contributed by atoms with Crippen LogP contribution >= 0.6 is 0 Å². The number of hydrogen-bond donors (Lipinski definition) is 1. The molecule has 3 aromatic rings. The Morgan fingerprint density at radius 2 is 1.59 bits per heavy atom. The Kier molecular flexibility index (Phi) is 7.68. The number of para-hydroxylation sites is 1. The molecule has 0 saturated heterocycles. The zero-order valence-corrected chi connectivity index (χ0v) is 19.9. The van der Waals surface area contributed by atoms with Crippen LogP contribution in [0.4, 0.5) is 5.69 Å². The molecule has 0 bridgehead atoms. The van der Waals surface area contributed by atoms with Crippen LogP contribution in [-0.2, 0) is 4.79 Å². The molecular weight excluding hydrogens is 424 g/mol. The molecule has 6 heteroatoms. The van der Waals surface area contributed by atoms with Crippen LogP contribution in [0.3, 0.4) is 0 Å². The lowest BCUT2D eigenvalue weighted by atomic mass is 9.94. The predicted octanol–water partition coefficient (Wildman–Crippen LogP) is 5.44. The van der Waals surface area contributed by atoms with Crippen LogP contribution < -0.4 is 10.2 Å². The maximum atomic E-state index is 13.8. The molecule has 1 fully saturated rings. The number of anilines is 1. The number of nitrogens with one attached hydrogen (secondary N) is 1. The highest BCUT2D eigenvalue weighted by Gasteiger charge is 2.35. The van der Waals surface area contributed by atoms with Crippen molar-refractivity contribution in [2.75, 3.05) is 4.90 Å². The van der Waals surface area contributed by atoms with Crippen molar-refractivity contribution in [1.82, 2.24) is 15.3 Å². The molecular formula is C28H32N4O2. The van der Waals surface area contributed by atoms with Gasteiger partial charge in [-0.25, -0.2) is 4.98 Å². The molecule has 1 aliphatic carbocycles. The molecule has 34 heavy (non-hydrogen) atoms. The predicted molar refractivity (Wildman–Crippen MR) is 134 cm³/mol. The summed E-state index contributed by atoms with van der Waals surface area (Å²) < 4.78 is 0. The molecule has 1 aliphatic rings. The molecule has 1 saturated carbocycles. The van der Waals surface area contributed by atoms with E-state index in [0.717, 1.165) is 31.2 Å². The van der Waals surface area contributed by atoms with Crippen molar-refractivity contribution < 1.29 is 9.59 Å². The van der Waals surface area contributed by atoms with Crippen LogP contribution in [-0.4, -0.2) is 27.8 Å². The quantitative estimate of drug-likeness (QED) is 0.514. The number of rotatable bonds is 7. The van der Waals surface area contributed by atoms with E-state index in [0.29, 0.717) is 11.6 Å². The van der Waals surface area contributed by atoms with E-state index in [2.05, 4.69) is 29.1 Å². The van der Waals surface area contributed by atoms with E-state index in [4.69, 9.17) is 0 Å². The minimum atomic E-state index is -0.833. The van der Waals surface area contributed by atoms with Gasteiger partial charge in [0.25, 0.3) is 5.91 Å². The summed E-state index contributed by atoms with van der Waals surface area (Å²) in [5, 5.41) is 3.24. The van der Waals surface area contributed by atoms with Gasteiger partial charge in [0.15, 0.2) is 0 Å². The highest BCUT2D eigenvalue weighted by atomic mass is 16.2. The number of carbonyl (C=O) groups excluding carboxylic acids is 2. The zero-order valence-electron chi connectivity index (χ0n) is 19.9. The second kappa shape index (κ2) is 11.1. The fourth-order valence-electron chi connectivity index (χ4n) is 4.51. The number of amides is 2. The number of aromatic nitrogens is 2. The summed E-state index contributed by atoms with van der Waals surface area (Å²) in [6, 6.07) is 16.6. The Hall–Kier alpha value is -3.54. The van der Waals surface area contributed by atoms with E-state index in [1.54, 1.807) is 4.90 Å². The maximum Gasteiger partial charge on any atom is 0.279 e. The summed E-state index contributed by atoms with van der Waals surface area (Å²) in [6.07, 6.45) is 9.82. The van der Waals surface area contributed by atoms with Gasteiger partial charge in [-0.3, -0.25) is 19.5 Å². The molecule has 1 heterocycles. The number of carbonyl (C=O) groups is 2. The van der Waals surface area contributed by atoms with Crippen LogP contribution in [0.25, 0.3) is 0 Å². The summed E-state index contributed by atoms with van der Waals surface area (Å²) in [6.45, 7) is 4.27. The molecule has 0 aliphatic heterocycles. The first kappa shape index (κ1) is 23.6. The van der Waals surface area contributed by atoms with E-state index in [9.17, 15) is 9.59 Å². The Morgan fingerprint density at radius 3 is 2.21 bits per heavy atom. The summed E-state index contributed by atoms with van der Waals surface area (Å²) in [7, 11) is 0. The van der Waals surface area contributed by atoms with Crippen molar-refractivity contribution in [2.45, 2.75) is 64.0 Å². The van der Waals surface area contributed by atoms with Gasteiger partial charge >= 0.3 is 0 Å². The number of benzene rings is 2. The molecule has 1 atom stereocenters. The van der Waals surface area contributed by atoms with Crippen molar-refractivity contribution >= 4 is 17.5 Å². The topological polar surface area (TPSA) is 75.2 Å². The molecule has 4 rings (SSSR count). The average molecular weight is 457 g/mol. The fourth-order valence-corrected chi connectivity index (χ4v) is 4.51. The summed E-state index contributed by atoms with van der Waals surface area (Å²) in [5.41, 5.74) is 2.77. The monoisotopic (exact) mass is 456 g/mol. The third kappa shape index (κ3) is 5.50. The van der Waals surface area contributed by atoms with Gasteiger partial charge in [0.05, 0.1) is 6.20 Å². The van der Waals surface area contributed by atoms with Crippen LogP contribution in [0.5, 0.6) is 0 Å². The first-order valence-corrected chi connectivity index (χ1v) is 12.1. The van der Waals surface area contributed by atoms with E-state index in [1.807, 2.05) is 54.6 Å². The summed E-state index contributed by atoms with van der Waals surface area (Å²) in [5.74, 6) is -0.170. The van der Waals surface area contributed by atoms with Crippen LogP contribution in [0.1, 0.15) is 79.5 Å². The van der Waals surface area contributed by atoms with Crippen LogP contribution in [0.2, 0.25) is 0 Å². The Labute approximate surface area is 201 Å². The minimum Gasteiger partial charge on any atom is -0.351 e. The normalized spacial score (nSPS) is 15.0. The molecule has 176 valence electrons. The fraction of sp³-hybridized carbons (Fsp3) is 0.357. The molecule has 1 N–H and O–H groups in total. The molecule has 0 radical (unpaired) electrons. The van der Waals surface area contributed by atoms with Gasteiger partial charge < -0.3 is 5.32 Å². The van der Waals surface area contributed by atoms with Gasteiger partial charge in [0.1, 0.15) is 11.7 Å². The van der Waals surface area contributed by atoms with Crippen molar-refractivity contribution in [1.29, 1.82) is 0 Å². The molecule has 2 amide bonds. The first-order chi connectivity index (χ1) is 16.5. The zero-order chi connectivity index (χ0) is 23.9. The Bertz CT molecular complexity index is 1080. The SMILES string of the molecule is CC(C)c1ccc([C@@H](C(=O)NC2CCCCC2)N(C(=O)c2cnccn2)c2ccccc2)cc1. The largest absolute Gasteiger partial charge is 0.351 e. The molecule has 1 aromatic heterocycles. The van der Waals surface area contributed by atoms with Gasteiger partial charge in [-0.05, 0) is 42.0 Å². The van der Waals surface area contributed by atoms with Gasteiger partial charge in [-0.15, -0.1) is 0 Å². The molecule has 0 unspecified atom stereocenters. The van der Waals surface area contributed by atoms with Gasteiger partial charge in [-0.1, -0.05) is 75.6 Å². The molecule has 2 aromatic carbocycles. The lowest BCUT2D eigenvalue weighted by molar-refractivity contribution is -0.123. The van der Waals surface area contributed by atoms with Gasteiger partial charge in [0, 0.05) is 24.1 Å². The average Bonchev–Trinajstić information content (AvgIpc) is 2.88. The van der Waals surface area contributed by atoms with Crippen molar-refractivity contribution in [3.8, 4) is 0 Å².